The summed E-state index contributed by atoms with van der Waals surface area (Å²) in [5, 5.41) is 6.00. The molecular formula is C19H22N6OS. The minimum Gasteiger partial charge on any atom is -0.354 e. The highest BCUT2D eigenvalue weighted by molar-refractivity contribution is 7.13. The second kappa shape index (κ2) is 7.99. The normalized spacial score (nSPS) is 19.3. The standard InChI is InChI=1S/C19H22N6OS/c1-25-9-3-5-17(25)15-10-16(24-23-15)18(26)21-8-6-14-12-27-19(22-14)13-4-2-7-20-11-13/h2-5,7,9,11-12,15-16,23-24H,6,8,10H2,1H3,(H,21,26). The summed E-state index contributed by atoms with van der Waals surface area (Å²) in [4.78, 5) is 21.2. The van der Waals surface area contributed by atoms with Crippen molar-refractivity contribution < 1.29 is 4.79 Å². The van der Waals surface area contributed by atoms with Crippen molar-refractivity contribution in [2.75, 3.05) is 6.54 Å². The Kier molecular flexibility index (Phi) is 5.28. The first-order chi connectivity index (χ1) is 13.2. The molecule has 0 radical (unpaired) electrons. The van der Waals surface area contributed by atoms with Crippen LogP contribution in [-0.2, 0) is 18.3 Å². The molecule has 3 N–H and O–H groups in total. The highest BCUT2D eigenvalue weighted by Gasteiger charge is 2.30. The molecule has 0 aromatic carbocycles. The maximum absolute atomic E-state index is 12.4. The second-order valence-electron chi connectivity index (χ2n) is 6.60. The van der Waals surface area contributed by atoms with Gasteiger partial charge >= 0.3 is 0 Å². The van der Waals surface area contributed by atoms with Crippen LogP contribution < -0.4 is 16.2 Å². The minimum absolute atomic E-state index is 0.0157. The van der Waals surface area contributed by atoms with Crippen LogP contribution in [0.3, 0.4) is 0 Å². The Balaban J connectivity index is 1.26. The number of rotatable bonds is 6. The number of thiazole rings is 1. The van der Waals surface area contributed by atoms with Crippen LogP contribution in [0.1, 0.15) is 23.9 Å². The van der Waals surface area contributed by atoms with Gasteiger partial charge in [-0.2, -0.15) is 0 Å². The molecular weight excluding hydrogens is 360 g/mol. The van der Waals surface area contributed by atoms with Crippen LogP contribution in [0, 0.1) is 0 Å². The first-order valence-electron chi connectivity index (χ1n) is 8.95. The van der Waals surface area contributed by atoms with Crippen molar-refractivity contribution in [3.8, 4) is 10.6 Å². The minimum atomic E-state index is -0.230. The van der Waals surface area contributed by atoms with Gasteiger partial charge in [0.15, 0.2) is 0 Å². The average molecular weight is 382 g/mol. The molecule has 4 rings (SSSR count). The number of nitrogens with zero attached hydrogens (tertiary/aromatic N) is 3. The summed E-state index contributed by atoms with van der Waals surface area (Å²) in [6, 6.07) is 7.90. The molecule has 0 bridgehead atoms. The molecule has 27 heavy (non-hydrogen) atoms. The number of aromatic nitrogens is 3. The van der Waals surface area contributed by atoms with Gasteiger partial charge in [-0.15, -0.1) is 11.3 Å². The van der Waals surface area contributed by atoms with Crippen LogP contribution in [0.2, 0.25) is 0 Å². The Morgan fingerprint density at radius 3 is 3.07 bits per heavy atom. The second-order valence-corrected chi connectivity index (χ2v) is 7.46. The monoisotopic (exact) mass is 382 g/mol. The van der Waals surface area contributed by atoms with E-state index in [1.54, 1.807) is 17.5 Å². The molecule has 1 saturated heterocycles. The van der Waals surface area contributed by atoms with Crippen LogP contribution in [0.25, 0.3) is 10.6 Å². The summed E-state index contributed by atoms with van der Waals surface area (Å²) >= 11 is 1.60. The van der Waals surface area contributed by atoms with E-state index < -0.39 is 0 Å². The van der Waals surface area contributed by atoms with E-state index in [1.165, 1.54) is 5.69 Å². The van der Waals surface area contributed by atoms with Crippen molar-refractivity contribution in [2.45, 2.75) is 24.9 Å². The third-order valence-electron chi connectivity index (χ3n) is 4.70. The summed E-state index contributed by atoms with van der Waals surface area (Å²) in [5.74, 6) is 0.0157. The highest BCUT2D eigenvalue weighted by Crippen LogP contribution is 2.23. The average Bonchev–Trinajstić information content (AvgIpc) is 3.42. The molecule has 4 heterocycles. The number of amides is 1. The smallest absolute Gasteiger partial charge is 0.238 e. The van der Waals surface area contributed by atoms with E-state index in [1.807, 2.05) is 43.0 Å². The number of hydrogen-bond acceptors (Lipinski definition) is 6. The van der Waals surface area contributed by atoms with E-state index in [4.69, 9.17) is 0 Å². The zero-order valence-electron chi connectivity index (χ0n) is 15.1. The third kappa shape index (κ3) is 4.08. The van der Waals surface area contributed by atoms with Crippen LogP contribution in [-0.4, -0.2) is 33.0 Å². The molecule has 1 fully saturated rings. The van der Waals surface area contributed by atoms with E-state index in [2.05, 4.69) is 36.8 Å². The SMILES string of the molecule is Cn1cccc1C1CC(C(=O)NCCc2csc(-c3cccnc3)n2)NN1. The van der Waals surface area contributed by atoms with Gasteiger partial charge in [0.05, 0.1) is 11.7 Å². The number of pyridine rings is 1. The number of carbonyl (C=O) groups excluding carboxylic acids is 1. The lowest BCUT2D eigenvalue weighted by atomic mass is 10.1. The first-order valence-corrected chi connectivity index (χ1v) is 9.83. The maximum atomic E-state index is 12.4. The van der Waals surface area contributed by atoms with E-state index in [9.17, 15) is 4.79 Å². The Labute approximate surface area is 161 Å². The Bertz CT molecular complexity index is 906. The largest absolute Gasteiger partial charge is 0.354 e. The van der Waals surface area contributed by atoms with Gasteiger partial charge in [0, 0.05) is 55.2 Å². The Morgan fingerprint density at radius 1 is 1.37 bits per heavy atom. The molecule has 0 spiro atoms. The molecule has 2 unspecified atom stereocenters. The highest BCUT2D eigenvalue weighted by atomic mass is 32.1. The predicted octanol–water partition coefficient (Wildman–Crippen LogP) is 1.81. The molecule has 3 aromatic rings. The first kappa shape index (κ1) is 17.8. The number of carbonyl (C=O) groups is 1. The molecule has 1 aliphatic heterocycles. The van der Waals surface area contributed by atoms with Crippen LogP contribution in [0.15, 0.2) is 48.2 Å². The van der Waals surface area contributed by atoms with E-state index in [0.717, 1.165) is 22.7 Å². The van der Waals surface area contributed by atoms with Gasteiger partial charge in [0.1, 0.15) is 11.0 Å². The van der Waals surface area contributed by atoms with Gasteiger partial charge in [-0.25, -0.2) is 15.8 Å². The van der Waals surface area contributed by atoms with Crippen molar-refractivity contribution in [3.63, 3.8) is 0 Å². The molecule has 1 amide bonds. The Morgan fingerprint density at radius 2 is 2.30 bits per heavy atom. The summed E-state index contributed by atoms with van der Waals surface area (Å²) in [6.07, 6.45) is 7.02. The molecule has 7 nitrogen and oxygen atoms in total. The lowest BCUT2D eigenvalue weighted by Crippen LogP contribution is -2.43. The van der Waals surface area contributed by atoms with Gasteiger partial charge in [-0.3, -0.25) is 9.78 Å². The summed E-state index contributed by atoms with van der Waals surface area (Å²) in [7, 11) is 2.01. The lowest BCUT2D eigenvalue weighted by molar-refractivity contribution is -0.122. The molecule has 0 aliphatic carbocycles. The van der Waals surface area contributed by atoms with Crippen molar-refractivity contribution in [1.82, 2.24) is 30.7 Å². The topological polar surface area (TPSA) is 83.9 Å². The zero-order chi connectivity index (χ0) is 18.6. The Hall–Kier alpha value is -2.55. The quantitative estimate of drug-likeness (QED) is 0.606. The number of hydrazine groups is 1. The fourth-order valence-corrected chi connectivity index (χ4v) is 4.08. The van der Waals surface area contributed by atoms with Gasteiger partial charge in [-0.05, 0) is 30.7 Å². The number of nitrogens with one attached hydrogen (secondary N) is 3. The molecule has 8 heteroatoms. The van der Waals surface area contributed by atoms with Gasteiger partial charge < -0.3 is 9.88 Å². The van der Waals surface area contributed by atoms with Crippen LogP contribution in [0.5, 0.6) is 0 Å². The lowest BCUT2D eigenvalue weighted by Gasteiger charge is -2.11. The molecule has 0 saturated carbocycles. The number of hydrogen-bond donors (Lipinski definition) is 3. The van der Waals surface area contributed by atoms with Crippen molar-refractivity contribution in [1.29, 1.82) is 0 Å². The predicted molar refractivity (Wildman–Crippen MR) is 105 cm³/mol. The van der Waals surface area contributed by atoms with Gasteiger partial charge in [-0.1, -0.05) is 0 Å². The summed E-state index contributed by atoms with van der Waals surface area (Å²) in [5.41, 5.74) is 9.49. The summed E-state index contributed by atoms with van der Waals surface area (Å²) in [6.45, 7) is 0.571. The molecule has 1 aliphatic rings. The van der Waals surface area contributed by atoms with Crippen molar-refractivity contribution >= 4 is 17.2 Å². The number of aryl methyl sites for hydroxylation is 1. The van der Waals surface area contributed by atoms with Crippen molar-refractivity contribution in [2.24, 2.45) is 7.05 Å². The van der Waals surface area contributed by atoms with Gasteiger partial charge in [0.25, 0.3) is 0 Å². The zero-order valence-corrected chi connectivity index (χ0v) is 15.9. The van der Waals surface area contributed by atoms with E-state index in [0.29, 0.717) is 13.0 Å². The maximum Gasteiger partial charge on any atom is 0.238 e. The summed E-state index contributed by atoms with van der Waals surface area (Å²) < 4.78 is 2.07. The fourth-order valence-electron chi connectivity index (χ4n) is 3.24. The van der Waals surface area contributed by atoms with E-state index >= 15 is 0 Å². The molecule has 140 valence electrons. The van der Waals surface area contributed by atoms with Crippen LogP contribution in [0.4, 0.5) is 0 Å². The van der Waals surface area contributed by atoms with Crippen LogP contribution >= 0.6 is 11.3 Å². The fraction of sp³-hybridized carbons (Fsp3) is 0.316. The molecule has 3 aromatic heterocycles. The van der Waals surface area contributed by atoms with Crippen molar-refractivity contribution in [3.05, 3.63) is 59.6 Å². The van der Waals surface area contributed by atoms with E-state index in [-0.39, 0.29) is 18.0 Å². The van der Waals surface area contributed by atoms with Gasteiger partial charge in [0.2, 0.25) is 5.91 Å². The third-order valence-corrected chi connectivity index (χ3v) is 5.64. The molecule has 2 atom stereocenters.